The van der Waals surface area contributed by atoms with Gasteiger partial charge in [0.05, 0.1) is 30.0 Å². The van der Waals surface area contributed by atoms with Gasteiger partial charge in [-0.2, -0.15) is 5.10 Å². The Kier molecular flexibility index (Phi) is 4.71. The first-order valence-corrected chi connectivity index (χ1v) is 9.09. The highest BCUT2D eigenvalue weighted by atomic mass is 32.1. The van der Waals surface area contributed by atoms with Crippen LogP contribution in [0.4, 0.5) is 5.69 Å². The quantitative estimate of drug-likeness (QED) is 0.530. The number of ether oxygens (including phenoxy) is 2. The Morgan fingerprint density at radius 3 is 2.96 bits per heavy atom. The summed E-state index contributed by atoms with van der Waals surface area (Å²) in [4.78, 5) is 16.8. The third-order valence-electron chi connectivity index (χ3n) is 3.98. The van der Waals surface area contributed by atoms with Crippen molar-refractivity contribution in [2.75, 3.05) is 12.4 Å². The molecule has 0 radical (unpaired) electrons. The van der Waals surface area contributed by atoms with Gasteiger partial charge in [-0.3, -0.25) is 9.89 Å². The van der Waals surface area contributed by atoms with Gasteiger partial charge < -0.3 is 14.8 Å². The number of H-pyrrole nitrogens is 1. The Balaban J connectivity index is 1.49. The minimum atomic E-state index is -0.234. The van der Waals surface area contributed by atoms with Crippen LogP contribution in [0, 0.1) is 0 Å². The van der Waals surface area contributed by atoms with E-state index in [0.717, 1.165) is 16.6 Å². The fraction of sp³-hybridized carbons (Fsp3) is 0.105. The van der Waals surface area contributed by atoms with E-state index in [4.69, 9.17) is 9.47 Å². The molecule has 2 heterocycles. The molecule has 1 amide bonds. The van der Waals surface area contributed by atoms with Crippen molar-refractivity contribution >= 4 is 33.8 Å². The number of carbonyl (C=O) groups is 1. The highest BCUT2D eigenvalue weighted by molar-refractivity contribution is 7.07. The van der Waals surface area contributed by atoms with E-state index < -0.39 is 0 Å². The Morgan fingerprint density at radius 1 is 1.22 bits per heavy atom. The van der Waals surface area contributed by atoms with Gasteiger partial charge in [0.25, 0.3) is 5.91 Å². The number of benzene rings is 2. The molecule has 27 heavy (non-hydrogen) atoms. The lowest BCUT2D eigenvalue weighted by Crippen LogP contribution is -2.12. The van der Waals surface area contributed by atoms with Crippen LogP contribution in [0.5, 0.6) is 11.5 Å². The minimum Gasteiger partial charge on any atom is -0.493 e. The van der Waals surface area contributed by atoms with Crippen molar-refractivity contribution in [3.8, 4) is 11.5 Å². The lowest BCUT2D eigenvalue weighted by Gasteiger charge is -2.12. The smallest absolute Gasteiger partial charge is 0.255 e. The van der Waals surface area contributed by atoms with Gasteiger partial charge in [0, 0.05) is 22.0 Å². The van der Waals surface area contributed by atoms with Crippen molar-refractivity contribution in [3.05, 3.63) is 64.7 Å². The molecule has 4 aromatic rings. The molecule has 0 saturated carbocycles. The number of carbonyl (C=O) groups excluding carboxylic acids is 1. The topological polar surface area (TPSA) is 89.1 Å². The number of anilines is 1. The van der Waals surface area contributed by atoms with E-state index in [1.54, 1.807) is 37.0 Å². The van der Waals surface area contributed by atoms with E-state index in [1.165, 1.54) is 11.3 Å². The number of thiazole rings is 1. The molecule has 0 saturated heterocycles. The molecular weight excluding hydrogens is 364 g/mol. The number of nitrogens with one attached hydrogen (secondary N) is 2. The number of aromatic amines is 1. The molecule has 7 nitrogen and oxygen atoms in total. The fourth-order valence-corrected chi connectivity index (χ4v) is 3.16. The number of fused-ring (bicyclic) bond motifs is 1. The first-order chi connectivity index (χ1) is 13.2. The first kappa shape index (κ1) is 17.0. The van der Waals surface area contributed by atoms with E-state index in [-0.39, 0.29) is 5.91 Å². The van der Waals surface area contributed by atoms with Gasteiger partial charge in [-0.15, -0.1) is 11.3 Å². The lowest BCUT2D eigenvalue weighted by molar-refractivity contribution is 0.102. The molecule has 0 unspecified atom stereocenters. The summed E-state index contributed by atoms with van der Waals surface area (Å²) in [5.74, 6) is 0.812. The standard InChI is InChI=1S/C19H16N4O3S/c1-25-18-7-12(2-5-17(18)26-9-15-10-27-11-20-15)19(24)22-14-3-4-16-13(6-14)8-21-23-16/h2-8,10-11H,9H2,1H3,(H,21,23)(H,22,24). The van der Waals surface area contributed by atoms with Crippen LogP contribution in [0.25, 0.3) is 10.9 Å². The SMILES string of the molecule is COc1cc(C(=O)Nc2ccc3[nH]ncc3c2)ccc1OCc1cscn1. The monoisotopic (exact) mass is 380 g/mol. The number of rotatable bonds is 6. The zero-order valence-electron chi connectivity index (χ0n) is 14.4. The van der Waals surface area contributed by atoms with Crippen molar-refractivity contribution in [2.45, 2.75) is 6.61 Å². The Bertz CT molecular complexity index is 1080. The van der Waals surface area contributed by atoms with Crippen molar-refractivity contribution in [2.24, 2.45) is 0 Å². The van der Waals surface area contributed by atoms with E-state index >= 15 is 0 Å². The summed E-state index contributed by atoms with van der Waals surface area (Å²) in [6.45, 7) is 0.343. The maximum Gasteiger partial charge on any atom is 0.255 e. The number of aromatic nitrogens is 3. The van der Waals surface area contributed by atoms with Crippen LogP contribution in [-0.2, 0) is 6.61 Å². The summed E-state index contributed by atoms with van der Waals surface area (Å²) >= 11 is 1.51. The van der Waals surface area contributed by atoms with Crippen molar-refractivity contribution in [1.29, 1.82) is 0 Å². The van der Waals surface area contributed by atoms with Gasteiger partial charge in [-0.25, -0.2) is 4.98 Å². The van der Waals surface area contributed by atoms with E-state index in [2.05, 4.69) is 20.5 Å². The average molecular weight is 380 g/mol. The second-order valence-corrected chi connectivity index (χ2v) is 6.48. The molecule has 0 aliphatic heterocycles. The highest BCUT2D eigenvalue weighted by Crippen LogP contribution is 2.29. The van der Waals surface area contributed by atoms with Gasteiger partial charge in [0.15, 0.2) is 11.5 Å². The van der Waals surface area contributed by atoms with E-state index in [9.17, 15) is 4.79 Å². The van der Waals surface area contributed by atoms with Crippen LogP contribution in [0.15, 0.2) is 53.5 Å². The van der Waals surface area contributed by atoms with Crippen LogP contribution < -0.4 is 14.8 Å². The van der Waals surface area contributed by atoms with Crippen LogP contribution in [-0.4, -0.2) is 28.2 Å². The number of hydrogen-bond donors (Lipinski definition) is 2. The molecule has 0 atom stereocenters. The van der Waals surface area contributed by atoms with Crippen LogP contribution >= 0.6 is 11.3 Å². The molecule has 136 valence electrons. The third kappa shape index (κ3) is 3.75. The molecule has 4 rings (SSSR count). The third-order valence-corrected chi connectivity index (χ3v) is 4.62. The van der Waals surface area contributed by atoms with E-state index in [0.29, 0.717) is 29.4 Å². The Morgan fingerprint density at radius 2 is 2.15 bits per heavy atom. The largest absolute Gasteiger partial charge is 0.493 e. The second kappa shape index (κ2) is 7.46. The molecule has 0 bridgehead atoms. The number of methoxy groups -OCH3 is 1. The normalized spacial score (nSPS) is 10.7. The molecule has 2 aromatic heterocycles. The van der Waals surface area contributed by atoms with Gasteiger partial charge in [0.1, 0.15) is 6.61 Å². The molecule has 2 aromatic carbocycles. The molecule has 8 heteroatoms. The summed E-state index contributed by atoms with van der Waals surface area (Å²) in [7, 11) is 1.54. The van der Waals surface area contributed by atoms with Gasteiger partial charge in [-0.05, 0) is 36.4 Å². The highest BCUT2D eigenvalue weighted by Gasteiger charge is 2.12. The Labute approximate surface area is 159 Å². The zero-order valence-corrected chi connectivity index (χ0v) is 15.2. The number of nitrogens with zero attached hydrogens (tertiary/aromatic N) is 2. The lowest BCUT2D eigenvalue weighted by atomic mass is 10.1. The maximum absolute atomic E-state index is 12.6. The summed E-state index contributed by atoms with van der Waals surface area (Å²) < 4.78 is 11.1. The van der Waals surface area contributed by atoms with Crippen LogP contribution in [0.1, 0.15) is 16.1 Å². The second-order valence-electron chi connectivity index (χ2n) is 5.76. The number of hydrogen-bond acceptors (Lipinski definition) is 6. The predicted molar refractivity (Wildman–Crippen MR) is 103 cm³/mol. The molecule has 0 fully saturated rings. The Hall–Kier alpha value is -3.39. The van der Waals surface area contributed by atoms with Crippen LogP contribution in [0.3, 0.4) is 0 Å². The van der Waals surface area contributed by atoms with Crippen LogP contribution in [0.2, 0.25) is 0 Å². The maximum atomic E-state index is 12.6. The van der Waals surface area contributed by atoms with Crippen molar-refractivity contribution < 1.29 is 14.3 Å². The molecule has 0 spiro atoms. The molecular formula is C19H16N4O3S. The number of amides is 1. The first-order valence-electron chi connectivity index (χ1n) is 8.15. The van der Waals surface area contributed by atoms with Crippen molar-refractivity contribution in [3.63, 3.8) is 0 Å². The van der Waals surface area contributed by atoms with Crippen molar-refractivity contribution in [1.82, 2.24) is 15.2 Å². The average Bonchev–Trinajstić information content (AvgIpc) is 3.37. The molecule has 2 N–H and O–H groups in total. The van der Waals surface area contributed by atoms with Gasteiger partial charge in [-0.1, -0.05) is 0 Å². The summed E-state index contributed by atoms with van der Waals surface area (Å²) in [5.41, 5.74) is 4.68. The van der Waals surface area contributed by atoms with Gasteiger partial charge in [0.2, 0.25) is 0 Å². The van der Waals surface area contributed by atoms with E-state index in [1.807, 2.05) is 23.6 Å². The summed E-state index contributed by atoms with van der Waals surface area (Å²) in [6, 6.07) is 10.6. The minimum absolute atomic E-state index is 0.234. The van der Waals surface area contributed by atoms with Gasteiger partial charge >= 0.3 is 0 Å². The molecule has 0 aliphatic carbocycles. The zero-order chi connectivity index (χ0) is 18.6. The molecule has 0 aliphatic rings. The predicted octanol–water partition coefficient (Wildman–Crippen LogP) is 3.86. The summed E-state index contributed by atoms with van der Waals surface area (Å²) in [6.07, 6.45) is 1.71. The fourth-order valence-electron chi connectivity index (χ4n) is 2.61. The summed E-state index contributed by atoms with van der Waals surface area (Å²) in [5, 5.41) is 12.6.